The van der Waals surface area contributed by atoms with Crippen LogP contribution in [0.4, 0.5) is 0 Å². The summed E-state index contributed by atoms with van der Waals surface area (Å²) in [6.07, 6.45) is -1.67. The van der Waals surface area contributed by atoms with E-state index in [9.17, 15) is 10.2 Å². The zero-order valence-electron chi connectivity index (χ0n) is 11.2. The Bertz CT molecular complexity index is 538. The molecule has 2 aromatic rings. The topological polar surface area (TPSA) is 49.7 Å². The predicted molar refractivity (Wildman–Crippen MR) is 83.6 cm³/mol. The molecular weight excluding hydrogens is 311 g/mol. The van der Waals surface area contributed by atoms with Crippen LogP contribution in [0.5, 0.6) is 0 Å². The van der Waals surface area contributed by atoms with Gasteiger partial charge in [-0.25, -0.2) is 0 Å². The molecule has 2 aromatic carbocycles. The van der Waals surface area contributed by atoms with Crippen LogP contribution in [0.15, 0.2) is 48.5 Å². The molecule has 2 N–H and O–H groups in total. The molecule has 3 nitrogen and oxygen atoms in total. The van der Waals surface area contributed by atoms with Crippen LogP contribution in [-0.4, -0.2) is 23.4 Å². The van der Waals surface area contributed by atoms with Crippen molar-refractivity contribution in [3.8, 4) is 0 Å². The summed E-state index contributed by atoms with van der Waals surface area (Å²) in [6, 6.07) is 14.1. The molecule has 0 spiro atoms. The average molecular weight is 327 g/mol. The fourth-order valence-corrected chi connectivity index (χ4v) is 2.48. The van der Waals surface area contributed by atoms with Gasteiger partial charge in [-0.15, -0.1) is 0 Å². The van der Waals surface area contributed by atoms with E-state index in [1.165, 1.54) is 0 Å². The zero-order valence-corrected chi connectivity index (χ0v) is 12.8. The molecule has 0 aliphatic carbocycles. The van der Waals surface area contributed by atoms with Crippen LogP contribution >= 0.6 is 23.2 Å². The number of ether oxygens (including phenoxy) is 1. The Morgan fingerprint density at radius 3 is 1.52 bits per heavy atom. The van der Waals surface area contributed by atoms with Gasteiger partial charge in [0.15, 0.2) is 0 Å². The van der Waals surface area contributed by atoms with Crippen LogP contribution in [0.1, 0.15) is 23.3 Å². The smallest absolute Gasteiger partial charge is 0.104 e. The molecule has 2 rings (SSSR count). The summed E-state index contributed by atoms with van der Waals surface area (Å²) in [5, 5.41) is 21.0. The second-order valence-electron chi connectivity index (χ2n) is 4.61. The SMILES string of the molecule is OC(COCC(O)c1ccccc1Cl)c1ccccc1Cl. The lowest BCUT2D eigenvalue weighted by Gasteiger charge is -2.16. The van der Waals surface area contributed by atoms with Crippen LogP contribution in [0, 0.1) is 0 Å². The van der Waals surface area contributed by atoms with Crippen molar-refractivity contribution in [2.24, 2.45) is 0 Å². The van der Waals surface area contributed by atoms with Gasteiger partial charge < -0.3 is 14.9 Å². The minimum absolute atomic E-state index is 0.0469. The first-order valence-corrected chi connectivity index (χ1v) is 7.28. The molecule has 0 aromatic heterocycles. The molecule has 2 atom stereocenters. The summed E-state index contributed by atoms with van der Waals surface area (Å²) in [5.41, 5.74) is 1.21. The van der Waals surface area contributed by atoms with E-state index < -0.39 is 12.2 Å². The highest BCUT2D eigenvalue weighted by atomic mass is 35.5. The molecule has 21 heavy (non-hydrogen) atoms. The third-order valence-electron chi connectivity index (χ3n) is 3.08. The first kappa shape index (κ1) is 16.3. The molecule has 0 heterocycles. The van der Waals surface area contributed by atoms with Gasteiger partial charge in [-0.2, -0.15) is 0 Å². The van der Waals surface area contributed by atoms with E-state index in [1.807, 2.05) is 0 Å². The van der Waals surface area contributed by atoms with E-state index in [4.69, 9.17) is 27.9 Å². The van der Waals surface area contributed by atoms with E-state index in [0.717, 1.165) is 0 Å². The Kier molecular flexibility index (Phi) is 6.03. The summed E-state index contributed by atoms with van der Waals surface area (Å²) in [6.45, 7) is 0.0937. The van der Waals surface area contributed by atoms with E-state index in [2.05, 4.69) is 0 Å². The summed E-state index contributed by atoms with van der Waals surface area (Å²) >= 11 is 12.0. The quantitative estimate of drug-likeness (QED) is 0.849. The van der Waals surface area contributed by atoms with Crippen LogP contribution in [0.2, 0.25) is 10.0 Å². The fourth-order valence-electron chi connectivity index (χ4n) is 1.96. The van der Waals surface area contributed by atoms with Gasteiger partial charge in [-0.05, 0) is 12.1 Å². The Hall–Kier alpha value is -1.10. The number of aliphatic hydroxyl groups excluding tert-OH is 2. The number of rotatable bonds is 6. The van der Waals surface area contributed by atoms with E-state index in [1.54, 1.807) is 48.5 Å². The fraction of sp³-hybridized carbons (Fsp3) is 0.250. The van der Waals surface area contributed by atoms with Crippen LogP contribution in [0.3, 0.4) is 0 Å². The maximum atomic E-state index is 10.0. The van der Waals surface area contributed by atoms with E-state index in [0.29, 0.717) is 21.2 Å². The van der Waals surface area contributed by atoms with Crippen molar-refractivity contribution in [2.45, 2.75) is 12.2 Å². The number of halogens is 2. The Balaban J connectivity index is 1.87. The molecule has 0 amide bonds. The number of aliphatic hydroxyl groups is 2. The first-order valence-electron chi connectivity index (χ1n) is 6.52. The van der Waals surface area contributed by atoms with E-state index >= 15 is 0 Å². The lowest BCUT2D eigenvalue weighted by Crippen LogP contribution is -2.13. The molecule has 2 unspecified atom stereocenters. The Labute approximate surface area is 133 Å². The van der Waals surface area contributed by atoms with Gasteiger partial charge in [-0.3, -0.25) is 0 Å². The van der Waals surface area contributed by atoms with Crippen molar-refractivity contribution in [2.75, 3.05) is 13.2 Å². The molecule has 0 bridgehead atoms. The highest BCUT2D eigenvalue weighted by molar-refractivity contribution is 6.31. The van der Waals surface area contributed by atoms with Gasteiger partial charge >= 0.3 is 0 Å². The van der Waals surface area contributed by atoms with Gasteiger partial charge in [0, 0.05) is 21.2 Å². The minimum atomic E-state index is -0.836. The number of benzene rings is 2. The molecule has 112 valence electrons. The lowest BCUT2D eigenvalue weighted by atomic mass is 10.1. The Morgan fingerprint density at radius 1 is 0.762 bits per heavy atom. The summed E-state index contributed by atoms with van der Waals surface area (Å²) in [5.74, 6) is 0. The van der Waals surface area contributed by atoms with E-state index in [-0.39, 0.29) is 13.2 Å². The first-order chi connectivity index (χ1) is 10.1. The summed E-state index contributed by atoms with van der Waals surface area (Å²) in [7, 11) is 0. The zero-order chi connectivity index (χ0) is 15.2. The third kappa shape index (κ3) is 4.43. The van der Waals surface area contributed by atoms with Crippen LogP contribution in [-0.2, 0) is 4.74 Å². The molecule has 0 saturated heterocycles. The average Bonchev–Trinajstić information content (AvgIpc) is 2.48. The van der Waals surface area contributed by atoms with Crippen molar-refractivity contribution in [1.82, 2.24) is 0 Å². The second-order valence-corrected chi connectivity index (χ2v) is 5.43. The van der Waals surface area contributed by atoms with Crippen molar-refractivity contribution in [3.05, 3.63) is 69.7 Å². The van der Waals surface area contributed by atoms with Crippen molar-refractivity contribution in [1.29, 1.82) is 0 Å². The minimum Gasteiger partial charge on any atom is -0.386 e. The maximum Gasteiger partial charge on any atom is 0.104 e. The molecule has 5 heteroatoms. The van der Waals surface area contributed by atoms with Gasteiger partial charge in [0.25, 0.3) is 0 Å². The van der Waals surface area contributed by atoms with Crippen molar-refractivity contribution in [3.63, 3.8) is 0 Å². The molecule has 0 saturated carbocycles. The van der Waals surface area contributed by atoms with Crippen molar-refractivity contribution >= 4 is 23.2 Å². The van der Waals surface area contributed by atoms with Gasteiger partial charge in [0.1, 0.15) is 12.2 Å². The van der Waals surface area contributed by atoms with Gasteiger partial charge in [0.2, 0.25) is 0 Å². The lowest BCUT2D eigenvalue weighted by molar-refractivity contribution is -0.00887. The normalized spacial score (nSPS) is 13.9. The largest absolute Gasteiger partial charge is 0.386 e. The van der Waals surface area contributed by atoms with Crippen LogP contribution < -0.4 is 0 Å². The second kappa shape index (κ2) is 7.78. The highest BCUT2D eigenvalue weighted by Crippen LogP contribution is 2.25. The molecule has 0 aliphatic rings. The molecule has 0 aliphatic heterocycles. The number of hydrogen-bond donors (Lipinski definition) is 2. The highest BCUT2D eigenvalue weighted by Gasteiger charge is 2.14. The maximum absolute atomic E-state index is 10.0. The third-order valence-corrected chi connectivity index (χ3v) is 3.77. The summed E-state index contributed by atoms with van der Waals surface area (Å²) < 4.78 is 5.36. The van der Waals surface area contributed by atoms with Crippen molar-refractivity contribution < 1.29 is 14.9 Å². The predicted octanol–water partition coefficient (Wildman–Crippen LogP) is 3.78. The number of hydrogen-bond acceptors (Lipinski definition) is 3. The summed E-state index contributed by atoms with van der Waals surface area (Å²) in [4.78, 5) is 0. The van der Waals surface area contributed by atoms with Gasteiger partial charge in [0.05, 0.1) is 13.2 Å². The van der Waals surface area contributed by atoms with Gasteiger partial charge in [-0.1, -0.05) is 59.6 Å². The Morgan fingerprint density at radius 2 is 1.14 bits per heavy atom. The molecule has 0 radical (unpaired) electrons. The molecule has 0 fully saturated rings. The van der Waals surface area contributed by atoms with Crippen LogP contribution in [0.25, 0.3) is 0 Å². The molecular formula is C16H16Cl2O3. The standard InChI is InChI=1S/C16H16Cl2O3/c17-13-7-3-1-5-11(13)15(19)9-21-10-16(20)12-6-2-4-8-14(12)18/h1-8,15-16,19-20H,9-10H2. The monoisotopic (exact) mass is 326 g/mol.